The summed E-state index contributed by atoms with van der Waals surface area (Å²) in [5.41, 5.74) is 2.60. The van der Waals surface area contributed by atoms with Gasteiger partial charge < -0.3 is 5.32 Å². The molecule has 0 aromatic carbocycles. The molecule has 1 heteroatoms. The molecule has 0 radical (unpaired) electrons. The minimum Gasteiger partial charge on any atom is -0.385 e. The van der Waals surface area contributed by atoms with Gasteiger partial charge in [0, 0.05) is 12.2 Å². The predicted octanol–water partition coefficient (Wildman–Crippen LogP) is 4.05. The quantitative estimate of drug-likeness (QED) is 0.720. The Balaban J connectivity index is 0.000000921. The van der Waals surface area contributed by atoms with Gasteiger partial charge in [-0.1, -0.05) is 39.5 Å². The van der Waals surface area contributed by atoms with E-state index < -0.39 is 0 Å². The average molecular weight is 207 g/mol. The van der Waals surface area contributed by atoms with E-state index >= 15 is 0 Å². The molecule has 1 nitrogen and oxygen atoms in total. The van der Waals surface area contributed by atoms with Gasteiger partial charge in [-0.15, -0.1) is 0 Å². The predicted molar refractivity (Wildman–Crippen MR) is 69.8 cm³/mol. The fourth-order valence-corrected chi connectivity index (χ4v) is 1.61. The van der Waals surface area contributed by atoms with Gasteiger partial charge in [-0.25, -0.2) is 0 Å². The molecular weight excluding hydrogens is 182 g/mol. The van der Waals surface area contributed by atoms with Crippen LogP contribution in [-0.2, 0) is 0 Å². The minimum absolute atomic E-state index is 0.762. The Hall–Kier alpha value is -0.980. The van der Waals surface area contributed by atoms with Crippen molar-refractivity contribution in [3.05, 3.63) is 36.1 Å². The smallest absolute Gasteiger partial charge is 0.0366 e. The molecule has 1 aliphatic rings. The lowest BCUT2D eigenvalue weighted by Crippen LogP contribution is -2.17. The first kappa shape index (κ1) is 14.0. The highest BCUT2D eigenvalue weighted by molar-refractivity contribution is 5.31. The molecule has 0 aromatic heterocycles. The molecule has 86 valence electrons. The second-order valence-electron chi connectivity index (χ2n) is 3.67. The molecule has 0 spiro atoms. The molecule has 0 saturated heterocycles. The first-order valence-corrected chi connectivity index (χ1v) is 6.00. The van der Waals surface area contributed by atoms with E-state index in [0.717, 1.165) is 12.5 Å². The summed E-state index contributed by atoms with van der Waals surface area (Å²) in [4.78, 5) is 0. The van der Waals surface area contributed by atoms with Crippen LogP contribution in [-0.4, -0.2) is 6.54 Å². The third-order valence-corrected chi connectivity index (χ3v) is 2.47. The Morgan fingerprint density at radius 1 is 1.40 bits per heavy atom. The summed E-state index contributed by atoms with van der Waals surface area (Å²) < 4.78 is 0. The molecule has 1 unspecified atom stereocenters. The van der Waals surface area contributed by atoms with Gasteiger partial charge >= 0.3 is 0 Å². The van der Waals surface area contributed by atoms with Gasteiger partial charge in [0.15, 0.2) is 0 Å². The van der Waals surface area contributed by atoms with Crippen molar-refractivity contribution in [2.75, 3.05) is 6.54 Å². The highest BCUT2D eigenvalue weighted by atomic mass is 14.9. The minimum atomic E-state index is 0.762. The van der Waals surface area contributed by atoms with E-state index in [0.29, 0.717) is 0 Å². The zero-order valence-electron chi connectivity index (χ0n) is 10.6. The molecule has 1 rings (SSSR count). The standard InChI is InChI=1S/C12H19N.C2H6/c1-4-6-11-8-7-10(3)9-13-12(11)5-2;1-2/h4-6,10,13H,2,7-9H2,1,3H3;1-2H3/b6-4-;. The van der Waals surface area contributed by atoms with E-state index in [4.69, 9.17) is 0 Å². The van der Waals surface area contributed by atoms with Crippen molar-refractivity contribution in [2.24, 2.45) is 5.92 Å². The second-order valence-corrected chi connectivity index (χ2v) is 3.67. The van der Waals surface area contributed by atoms with Crippen LogP contribution in [0, 0.1) is 5.92 Å². The number of hydrogen-bond acceptors (Lipinski definition) is 1. The molecule has 0 saturated carbocycles. The monoisotopic (exact) mass is 207 g/mol. The lowest BCUT2D eigenvalue weighted by atomic mass is 10.0. The Labute approximate surface area is 95.0 Å². The summed E-state index contributed by atoms with van der Waals surface area (Å²) in [7, 11) is 0. The van der Waals surface area contributed by atoms with Gasteiger partial charge in [-0.05, 0) is 37.3 Å². The molecule has 1 N–H and O–H groups in total. The van der Waals surface area contributed by atoms with E-state index in [2.05, 4.69) is 37.9 Å². The summed E-state index contributed by atoms with van der Waals surface area (Å²) >= 11 is 0. The molecule has 1 aliphatic heterocycles. The van der Waals surface area contributed by atoms with E-state index in [1.165, 1.54) is 24.1 Å². The third-order valence-electron chi connectivity index (χ3n) is 2.47. The molecule has 0 amide bonds. The average Bonchev–Trinajstić information content (AvgIpc) is 2.45. The van der Waals surface area contributed by atoms with E-state index in [1.807, 2.05) is 19.9 Å². The highest BCUT2D eigenvalue weighted by Crippen LogP contribution is 2.20. The van der Waals surface area contributed by atoms with Crippen molar-refractivity contribution in [2.45, 2.75) is 40.5 Å². The Kier molecular flexibility index (Phi) is 7.79. The Morgan fingerprint density at radius 2 is 2.07 bits per heavy atom. The molecule has 0 fully saturated rings. The summed E-state index contributed by atoms with van der Waals surface area (Å²) in [5, 5.41) is 3.43. The van der Waals surface area contributed by atoms with Crippen LogP contribution in [0.25, 0.3) is 0 Å². The van der Waals surface area contributed by atoms with Crippen LogP contribution in [0.5, 0.6) is 0 Å². The van der Waals surface area contributed by atoms with Crippen LogP contribution >= 0.6 is 0 Å². The lowest BCUT2D eigenvalue weighted by molar-refractivity contribution is 0.528. The van der Waals surface area contributed by atoms with Crippen LogP contribution in [0.4, 0.5) is 0 Å². The molecule has 0 aliphatic carbocycles. The molecule has 0 bridgehead atoms. The maximum Gasteiger partial charge on any atom is 0.0366 e. The number of hydrogen-bond donors (Lipinski definition) is 1. The fraction of sp³-hybridized carbons (Fsp3) is 0.571. The zero-order chi connectivity index (χ0) is 11.7. The van der Waals surface area contributed by atoms with Crippen LogP contribution in [0.15, 0.2) is 36.1 Å². The summed E-state index contributed by atoms with van der Waals surface area (Å²) in [6.45, 7) is 13.2. The van der Waals surface area contributed by atoms with Crippen molar-refractivity contribution in [1.82, 2.24) is 5.32 Å². The second kappa shape index (κ2) is 8.34. The largest absolute Gasteiger partial charge is 0.385 e. The van der Waals surface area contributed by atoms with Gasteiger partial charge in [0.25, 0.3) is 0 Å². The molecule has 15 heavy (non-hydrogen) atoms. The van der Waals surface area contributed by atoms with Gasteiger partial charge in [0.1, 0.15) is 0 Å². The van der Waals surface area contributed by atoms with Gasteiger partial charge in [-0.2, -0.15) is 0 Å². The highest BCUT2D eigenvalue weighted by Gasteiger charge is 2.10. The number of rotatable bonds is 2. The molecule has 1 atom stereocenters. The van der Waals surface area contributed by atoms with Crippen LogP contribution in [0.1, 0.15) is 40.5 Å². The summed E-state index contributed by atoms with van der Waals surface area (Å²) in [5.74, 6) is 0.762. The number of allylic oxidation sites excluding steroid dienone is 4. The summed E-state index contributed by atoms with van der Waals surface area (Å²) in [6, 6.07) is 0. The van der Waals surface area contributed by atoms with Crippen molar-refractivity contribution in [3.63, 3.8) is 0 Å². The third kappa shape index (κ3) is 4.87. The van der Waals surface area contributed by atoms with Crippen molar-refractivity contribution in [3.8, 4) is 0 Å². The molecular formula is C14H25N. The fourth-order valence-electron chi connectivity index (χ4n) is 1.61. The zero-order valence-corrected chi connectivity index (χ0v) is 10.6. The van der Waals surface area contributed by atoms with Crippen LogP contribution in [0.2, 0.25) is 0 Å². The van der Waals surface area contributed by atoms with E-state index in [1.54, 1.807) is 0 Å². The maximum absolute atomic E-state index is 3.83. The molecule has 0 aromatic rings. The van der Waals surface area contributed by atoms with Crippen LogP contribution in [0.3, 0.4) is 0 Å². The topological polar surface area (TPSA) is 12.0 Å². The molecule has 1 heterocycles. The first-order valence-electron chi connectivity index (χ1n) is 6.00. The van der Waals surface area contributed by atoms with Crippen LogP contribution < -0.4 is 5.32 Å². The maximum atomic E-state index is 3.83. The Morgan fingerprint density at radius 3 is 2.60 bits per heavy atom. The number of nitrogens with one attached hydrogen (secondary N) is 1. The van der Waals surface area contributed by atoms with Gasteiger partial charge in [0.05, 0.1) is 0 Å². The first-order chi connectivity index (χ1) is 7.27. The van der Waals surface area contributed by atoms with Gasteiger partial charge in [0.2, 0.25) is 0 Å². The lowest BCUT2D eigenvalue weighted by Gasteiger charge is -2.08. The van der Waals surface area contributed by atoms with E-state index in [9.17, 15) is 0 Å². The van der Waals surface area contributed by atoms with Crippen molar-refractivity contribution < 1.29 is 0 Å². The summed E-state index contributed by atoms with van der Waals surface area (Å²) in [6.07, 6.45) is 8.63. The SMILES string of the molecule is C=CC1=C(/C=C\C)CCC(C)CN1.CC. The van der Waals surface area contributed by atoms with Crippen molar-refractivity contribution in [1.29, 1.82) is 0 Å². The Bertz CT molecular complexity index is 236. The van der Waals surface area contributed by atoms with E-state index in [-0.39, 0.29) is 0 Å². The van der Waals surface area contributed by atoms with Gasteiger partial charge in [-0.3, -0.25) is 0 Å². The normalized spacial score (nSPS) is 21.5. The van der Waals surface area contributed by atoms with Crippen molar-refractivity contribution >= 4 is 0 Å².